The van der Waals surface area contributed by atoms with Crippen LogP contribution in [0.25, 0.3) is 0 Å². The van der Waals surface area contributed by atoms with E-state index in [9.17, 15) is 25.2 Å². The van der Waals surface area contributed by atoms with Gasteiger partial charge in [0.25, 0.3) is 0 Å². The highest BCUT2D eigenvalue weighted by Crippen LogP contribution is 2.16. The molecule has 0 bridgehead atoms. The Balaban J connectivity index is 3.73. The highest BCUT2D eigenvalue weighted by molar-refractivity contribution is 5.80. The van der Waals surface area contributed by atoms with Crippen LogP contribution in [0.4, 0.5) is 0 Å². The molecular formula is C42H83NO5. The van der Waals surface area contributed by atoms with Crippen molar-refractivity contribution in [1.82, 2.24) is 5.32 Å². The standard InChI is InChI=1S/C42H83NO5/c1-3-5-7-9-11-13-15-17-18-19-20-21-22-23-24-26-28-30-32-34-36-40(46)42(48)43-38(37-44)41(47)39(45)35-33-31-29-27-25-16-14-12-10-8-6-4-2/h27,29,38-41,44-47H,3-26,28,30-37H2,1-2H3,(H,43,48)/b29-27+. The zero-order chi connectivity index (χ0) is 35.3. The monoisotopic (exact) mass is 682 g/mol. The number of aliphatic hydroxyl groups excluding tert-OH is 4. The Morgan fingerprint density at radius 3 is 1.25 bits per heavy atom. The van der Waals surface area contributed by atoms with Gasteiger partial charge in [-0.15, -0.1) is 0 Å². The Hall–Kier alpha value is -0.950. The Labute approximate surface area is 298 Å². The quantitative estimate of drug-likeness (QED) is 0.0329. The summed E-state index contributed by atoms with van der Waals surface area (Å²) in [7, 11) is 0. The Kier molecular flexibility index (Phi) is 36.6. The zero-order valence-corrected chi connectivity index (χ0v) is 32.0. The number of hydrogen-bond acceptors (Lipinski definition) is 5. The number of amides is 1. The molecule has 0 aliphatic heterocycles. The molecule has 0 aliphatic rings. The third-order valence-corrected chi connectivity index (χ3v) is 9.98. The minimum absolute atomic E-state index is 0.368. The van der Waals surface area contributed by atoms with E-state index in [1.165, 1.54) is 154 Å². The van der Waals surface area contributed by atoms with Crippen molar-refractivity contribution in [3.8, 4) is 0 Å². The number of rotatable bonds is 38. The van der Waals surface area contributed by atoms with Crippen LogP contribution in [0.3, 0.4) is 0 Å². The van der Waals surface area contributed by atoms with Crippen LogP contribution in [0, 0.1) is 0 Å². The fourth-order valence-electron chi connectivity index (χ4n) is 6.58. The van der Waals surface area contributed by atoms with Crippen LogP contribution in [-0.4, -0.2) is 57.3 Å². The molecule has 0 aromatic carbocycles. The summed E-state index contributed by atoms with van der Waals surface area (Å²) in [5, 5.41) is 43.5. The summed E-state index contributed by atoms with van der Waals surface area (Å²) in [6.07, 6.45) is 39.6. The van der Waals surface area contributed by atoms with Crippen LogP contribution in [0.1, 0.15) is 219 Å². The molecule has 1 amide bonds. The summed E-state index contributed by atoms with van der Waals surface area (Å²) < 4.78 is 0. The van der Waals surface area contributed by atoms with Gasteiger partial charge in [0, 0.05) is 0 Å². The minimum atomic E-state index is -1.28. The fraction of sp³-hybridized carbons (Fsp3) is 0.929. The second kappa shape index (κ2) is 37.3. The molecule has 48 heavy (non-hydrogen) atoms. The molecule has 0 rings (SSSR count). The average molecular weight is 682 g/mol. The third-order valence-electron chi connectivity index (χ3n) is 9.98. The molecule has 6 nitrogen and oxygen atoms in total. The first kappa shape index (κ1) is 47.0. The highest BCUT2D eigenvalue weighted by Gasteiger charge is 2.28. The van der Waals surface area contributed by atoms with Crippen molar-refractivity contribution in [1.29, 1.82) is 0 Å². The lowest BCUT2D eigenvalue weighted by Gasteiger charge is -2.27. The molecule has 0 saturated carbocycles. The Morgan fingerprint density at radius 2 is 0.854 bits per heavy atom. The second-order valence-electron chi connectivity index (χ2n) is 14.7. The molecule has 0 spiro atoms. The van der Waals surface area contributed by atoms with Crippen LogP contribution in [0.2, 0.25) is 0 Å². The maximum absolute atomic E-state index is 12.5. The lowest BCUT2D eigenvalue weighted by atomic mass is 10.00. The first-order valence-electron chi connectivity index (χ1n) is 21.1. The molecule has 6 heteroatoms. The summed E-state index contributed by atoms with van der Waals surface area (Å²) in [6, 6.07) is -0.995. The average Bonchev–Trinajstić information content (AvgIpc) is 3.09. The van der Waals surface area contributed by atoms with Gasteiger partial charge in [0.1, 0.15) is 12.2 Å². The highest BCUT2D eigenvalue weighted by atomic mass is 16.3. The van der Waals surface area contributed by atoms with E-state index < -0.39 is 36.9 Å². The lowest BCUT2D eigenvalue weighted by Crippen LogP contribution is -2.53. The van der Waals surface area contributed by atoms with Crippen molar-refractivity contribution < 1.29 is 25.2 Å². The fourth-order valence-corrected chi connectivity index (χ4v) is 6.58. The van der Waals surface area contributed by atoms with Crippen LogP contribution < -0.4 is 5.32 Å². The van der Waals surface area contributed by atoms with Gasteiger partial charge in [-0.2, -0.15) is 0 Å². The number of allylic oxidation sites excluding steroid dienone is 2. The third kappa shape index (κ3) is 31.1. The molecule has 0 radical (unpaired) electrons. The van der Waals surface area contributed by atoms with Gasteiger partial charge in [0.2, 0.25) is 5.91 Å². The maximum atomic E-state index is 12.5. The Morgan fingerprint density at radius 1 is 0.500 bits per heavy atom. The maximum Gasteiger partial charge on any atom is 0.249 e. The van der Waals surface area contributed by atoms with E-state index in [4.69, 9.17) is 0 Å². The number of hydrogen-bond donors (Lipinski definition) is 5. The number of unbranched alkanes of at least 4 members (excludes halogenated alkanes) is 27. The van der Waals surface area contributed by atoms with E-state index in [2.05, 4.69) is 31.3 Å². The van der Waals surface area contributed by atoms with Gasteiger partial charge in [-0.1, -0.05) is 193 Å². The van der Waals surface area contributed by atoms with E-state index in [1.807, 2.05) is 0 Å². The van der Waals surface area contributed by atoms with E-state index >= 15 is 0 Å². The molecular weight excluding hydrogens is 598 g/mol. The van der Waals surface area contributed by atoms with Gasteiger partial charge in [0.15, 0.2) is 0 Å². The minimum Gasteiger partial charge on any atom is -0.394 e. The van der Waals surface area contributed by atoms with Gasteiger partial charge in [-0.25, -0.2) is 0 Å². The summed E-state index contributed by atoms with van der Waals surface area (Å²) in [6.45, 7) is 4.03. The second-order valence-corrected chi connectivity index (χ2v) is 14.7. The topological polar surface area (TPSA) is 110 Å². The van der Waals surface area contributed by atoms with Crippen LogP contribution in [-0.2, 0) is 4.79 Å². The molecule has 0 aliphatic carbocycles. The van der Waals surface area contributed by atoms with Crippen molar-refractivity contribution in [2.45, 2.75) is 244 Å². The lowest BCUT2D eigenvalue weighted by molar-refractivity contribution is -0.132. The SMILES string of the molecule is CCCCCCCCC/C=C/CCCC(O)C(O)C(CO)NC(=O)C(O)CCCCCCCCCCCCCCCCCCCCCC. The van der Waals surface area contributed by atoms with Crippen molar-refractivity contribution in [3.05, 3.63) is 12.2 Å². The van der Waals surface area contributed by atoms with E-state index in [0.29, 0.717) is 12.8 Å². The normalized spacial score (nSPS) is 14.4. The first-order chi connectivity index (χ1) is 23.5. The molecule has 5 N–H and O–H groups in total. The molecule has 4 unspecified atom stereocenters. The summed E-state index contributed by atoms with van der Waals surface area (Å²) in [4.78, 5) is 12.5. The van der Waals surface area contributed by atoms with Crippen LogP contribution in [0.15, 0.2) is 12.2 Å². The molecule has 0 aromatic rings. The smallest absolute Gasteiger partial charge is 0.249 e. The van der Waals surface area contributed by atoms with Crippen molar-refractivity contribution in [2.24, 2.45) is 0 Å². The van der Waals surface area contributed by atoms with E-state index in [-0.39, 0.29) is 0 Å². The number of nitrogens with one attached hydrogen (secondary N) is 1. The van der Waals surface area contributed by atoms with E-state index in [0.717, 1.165) is 38.5 Å². The van der Waals surface area contributed by atoms with Crippen molar-refractivity contribution >= 4 is 5.91 Å². The molecule has 286 valence electrons. The largest absolute Gasteiger partial charge is 0.394 e. The van der Waals surface area contributed by atoms with Crippen molar-refractivity contribution in [2.75, 3.05) is 6.61 Å². The summed E-state index contributed by atoms with van der Waals surface area (Å²) in [5.74, 6) is -0.591. The number of carbonyl (C=O) groups is 1. The molecule has 0 heterocycles. The molecule has 0 saturated heterocycles. The number of carbonyl (C=O) groups excluding carboxylic acids is 1. The molecule has 4 atom stereocenters. The van der Waals surface area contributed by atoms with E-state index in [1.54, 1.807) is 0 Å². The van der Waals surface area contributed by atoms with Gasteiger partial charge in [-0.3, -0.25) is 4.79 Å². The zero-order valence-electron chi connectivity index (χ0n) is 32.0. The Bertz CT molecular complexity index is 687. The predicted molar refractivity (Wildman–Crippen MR) is 205 cm³/mol. The first-order valence-corrected chi connectivity index (χ1v) is 21.1. The van der Waals surface area contributed by atoms with Gasteiger partial charge >= 0.3 is 0 Å². The summed E-state index contributed by atoms with van der Waals surface area (Å²) >= 11 is 0. The molecule has 0 aromatic heterocycles. The predicted octanol–water partition coefficient (Wildman–Crippen LogP) is 10.6. The van der Waals surface area contributed by atoms with Crippen LogP contribution in [0.5, 0.6) is 0 Å². The van der Waals surface area contributed by atoms with Gasteiger partial charge < -0.3 is 25.7 Å². The van der Waals surface area contributed by atoms with Crippen LogP contribution >= 0.6 is 0 Å². The van der Waals surface area contributed by atoms with Gasteiger partial charge in [0.05, 0.1) is 18.8 Å². The molecule has 0 fully saturated rings. The number of aliphatic hydroxyl groups is 4. The summed E-state index contributed by atoms with van der Waals surface area (Å²) in [5.41, 5.74) is 0. The van der Waals surface area contributed by atoms with Gasteiger partial charge in [-0.05, 0) is 38.5 Å². The van der Waals surface area contributed by atoms with Crippen molar-refractivity contribution in [3.63, 3.8) is 0 Å².